The molecule has 2 rings (SSSR count). The Hall–Kier alpha value is -1.76. The molecule has 0 amide bonds. The molecular weight excluding hydrogens is 337 g/mol. The van der Waals surface area contributed by atoms with Crippen molar-refractivity contribution in [1.29, 1.82) is 0 Å². The van der Waals surface area contributed by atoms with Crippen molar-refractivity contribution in [3.8, 4) is 5.75 Å². The number of rotatable bonds is 4. The van der Waals surface area contributed by atoms with Crippen molar-refractivity contribution in [2.45, 2.75) is 4.90 Å². The molecule has 21 heavy (non-hydrogen) atoms. The molecule has 110 valence electrons. The van der Waals surface area contributed by atoms with Crippen LogP contribution in [0.25, 0.3) is 0 Å². The maximum absolute atomic E-state index is 12.1. The van der Waals surface area contributed by atoms with Crippen molar-refractivity contribution in [2.75, 3.05) is 0 Å². The monoisotopic (exact) mass is 345 g/mol. The van der Waals surface area contributed by atoms with Gasteiger partial charge in [0.2, 0.25) is 0 Å². The topological polar surface area (TPSA) is 76.0 Å². The van der Waals surface area contributed by atoms with Crippen molar-refractivity contribution in [3.05, 3.63) is 58.1 Å². The molecule has 0 aliphatic heterocycles. The van der Waals surface area contributed by atoms with Gasteiger partial charge in [-0.05, 0) is 29.8 Å². The first-order chi connectivity index (χ1) is 9.94. The minimum Gasteiger partial charge on any atom is -0.411 e. The third-order valence-corrected chi connectivity index (χ3v) is 4.25. The van der Waals surface area contributed by atoms with E-state index in [1.54, 1.807) is 18.2 Å². The van der Waals surface area contributed by atoms with Gasteiger partial charge < -0.3 is 9.39 Å². The molecule has 0 atom stereocenters. The van der Waals surface area contributed by atoms with E-state index in [0.29, 0.717) is 5.56 Å². The molecular formula is C13H9Cl2NO4S. The molecule has 0 aliphatic rings. The minimum atomic E-state index is -4.04. The Morgan fingerprint density at radius 2 is 1.67 bits per heavy atom. The first-order valence-corrected chi connectivity index (χ1v) is 7.76. The predicted octanol–water partition coefficient (Wildman–Crippen LogP) is 3.57. The highest BCUT2D eigenvalue weighted by Crippen LogP contribution is 2.35. The van der Waals surface area contributed by atoms with Gasteiger partial charge in [0.1, 0.15) is 4.90 Å². The fourth-order valence-electron chi connectivity index (χ4n) is 1.55. The molecule has 0 spiro atoms. The van der Waals surface area contributed by atoms with Gasteiger partial charge in [0.15, 0.2) is 5.75 Å². The van der Waals surface area contributed by atoms with Crippen LogP contribution in [0.2, 0.25) is 10.0 Å². The third kappa shape index (κ3) is 3.66. The van der Waals surface area contributed by atoms with Gasteiger partial charge in [-0.25, -0.2) is 0 Å². The van der Waals surface area contributed by atoms with Crippen LogP contribution in [-0.2, 0) is 10.1 Å². The van der Waals surface area contributed by atoms with Gasteiger partial charge in [0.25, 0.3) is 0 Å². The average molecular weight is 346 g/mol. The summed E-state index contributed by atoms with van der Waals surface area (Å²) in [5.41, 5.74) is 0.400. The highest BCUT2D eigenvalue weighted by atomic mass is 35.5. The molecule has 0 fully saturated rings. The largest absolute Gasteiger partial charge is 0.411 e. The van der Waals surface area contributed by atoms with E-state index in [2.05, 4.69) is 5.16 Å². The van der Waals surface area contributed by atoms with Crippen LogP contribution in [0, 0.1) is 0 Å². The van der Waals surface area contributed by atoms with E-state index in [9.17, 15) is 8.42 Å². The Morgan fingerprint density at radius 3 is 2.19 bits per heavy atom. The lowest BCUT2D eigenvalue weighted by Gasteiger charge is -2.10. The lowest BCUT2D eigenvalue weighted by molar-refractivity contribution is 0.322. The van der Waals surface area contributed by atoms with Crippen molar-refractivity contribution in [3.63, 3.8) is 0 Å². The van der Waals surface area contributed by atoms with E-state index in [4.69, 9.17) is 32.6 Å². The van der Waals surface area contributed by atoms with Gasteiger partial charge in [-0.2, -0.15) is 8.42 Å². The molecule has 0 radical (unpaired) electrons. The number of hydrogen-bond acceptors (Lipinski definition) is 5. The van der Waals surface area contributed by atoms with Gasteiger partial charge >= 0.3 is 10.1 Å². The third-order valence-electron chi connectivity index (χ3n) is 2.45. The molecule has 0 saturated carbocycles. The Labute approximate surface area is 131 Å². The van der Waals surface area contributed by atoms with Gasteiger partial charge in [-0.15, -0.1) is 0 Å². The Kier molecular flexibility index (Phi) is 4.72. The van der Waals surface area contributed by atoms with Crippen molar-refractivity contribution in [1.82, 2.24) is 0 Å². The minimum absolute atomic E-state index is 0.0156. The summed E-state index contributed by atoms with van der Waals surface area (Å²) in [5, 5.41) is 11.3. The van der Waals surface area contributed by atoms with E-state index in [1.807, 2.05) is 0 Å². The fraction of sp³-hybridized carbons (Fsp3) is 0. The fourth-order valence-corrected chi connectivity index (χ4v) is 3.20. The summed E-state index contributed by atoms with van der Waals surface area (Å²) in [7, 11) is -4.04. The Bertz CT molecular complexity index is 753. The molecule has 0 unspecified atom stereocenters. The van der Waals surface area contributed by atoms with Crippen LogP contribution >= 0.6 is 23.2 Å². The second-order valence-corrected chi connectivity index (χ2v) is 6.27. The first-order valence-electron chi connectivity index (χ1n) is 5.60. The van der Waals surface area contributed by atoms with Gasteiger partial charge in [0.05, 0.1) is 16.3 Å². The summed E-state index contributed by atoms with van der Waals surface area (Å²) < 4.78 is 29.2. The molecule has 0 aliphatic carbocycles. The highest BCUT2D eigenvalue weighted by molar-refractivity contribution is 7.87. The number of benzene rings is 2. The van der Waals surface area contributed by atoms with Crippen LogP contribution in [0.15, 0.2) is 52.5 Å². The zero-order valence-corrected chi connectivity index (χ0v) is 12.7. The van der Waals surface area contributed by atoms with E-state index >= 15 is 0 Å². The van der Waals surface area contributed by atoms with Crippen LogP contribution in [-0.4, -0.2) is 19.8 Å². The van der Waals surface area contributed by atoms with Crippen LogP contribution in [0.1, 0.15) is 5.56 Å². The van der Waals surface area contributed by atoms with Crippen LogP contribution in [0.3, 0.4) is 0 Å². The van der Waals surface area contributed by atoms with E-state index in [0.717, 1.165) is 6.21 Å². The molecule has 1 N–H and O–H groups in total. The summed E-state index contributed by atoms with van der Waals surface area (Å²) >= 11 is 11.9. The standard InChI is InChI=1S/C13H9Cl2NO4S/c14-11-6-9(8-16-17)7-12(15)13(11)20-21(18,19)10-4-2-1-3-5-10/h1-8,17H/b16-8-. The molecule has 2 aromatic rings. The quantitative estimate of drug-likeness (QED) is 0.397. The molecule has 0 bridgehead atoms. The lowest BCUT2D eigenvalue weighted by atomic mass is 10.2. The highest BCUT2D eigenvalue weighted by Gasteiger charge is 2.20. The lowest BCUT2D eigenvalue weighted by Crippen LogP contribution is -2.10. The van der Waals surface area contributed by atoms with Gasteiger partial charge in [0, 0.05) is 0 Å². The van der Waals surface area contributed by atoms with E-state index in [-0.39, 0.29) is 20.7 Å². The molecule has 2 aromatic carbocycles. The predicted molar refractivity (Wildman–Crippen MR) is 80.1 cm³/mol. The average Bonchev–Trinajstić information content (AvgIpc) is 2.44. The van der Waals surface area contributed by atoms with Gasteiger partial charge in [-0.3, -0.25) is 0 Å². The maximum Gasteiger partial charge on any atom is 0.339 e. The Balaban J connectivity index is 2.41. The summed E-state index contributed by atoms with van der Waals surface area (Å²) in [6, 6.07) is 10.3. The molecule has 0 saturated heterocycles. The summed E-state index contributed by atoms with van der Waals surface area (Å²) in [5.74, 6) is -0.183. The van der Waals surface area contributed by atoms with Crippen LogP contribution in [0.4, 0.5) is 0 Å². The van der Waals surface area contributed by atoms with Crippen LogP contribution < -0.4 is 4.18 Å². The summed E-state index contributed by atoms with van der Waals surface area (Å²) in [6.07, 6.45) is 1.10. The van der Waals surface area contributed by atoms with E-state index in [1.165, 1.54) is 24.3 Å². The molecule has 8 heteroatoms. The summed E-state index contributed by atoms with van der Waals surface area (Å²) in [6.45, 7) is 0. The Morgan fingerprint density at radius 1 is 1.10 bits per heavy atom. The smallest absolute Gasteiger partial charge is 0.339 e. The normalized spacial score (nSPS) is 11.7. The second kappa shape index (κ2) is 6.34. The van der Waals surface area contributed by atoms with Gasteiger partial charge in [-0.1, -0.05) is 46.6 Å². The van der Waals surface area contributed by atoms with E-state index < -0.39 is 10.1 Å². The molecule has 0 aromatic heterocycles. The van der Waals surface area contributed by atoms with Crippen molar-refractivity contribution in [2.24, 2.45) is 5.16 Å². The first kappa shape index (κ1) is 15.6. The molecule has 5 nitrogen and oxygen atoms in total. The maximum atomic E-state index is 12.1. The number of nitrogens with zero attached hydrogens (tertiary/aromatic N) is 1. The van der Waals surface area contributed by atoms with Crippen LogP contribution in [0.5, 0.6) is 5.75 Å². The van der Waals surface area contributed by atoms with Crippen molar-refractivity contribution < 1.29 is 17.8 Å². The zero-order valence-electron chi connectivity index (χ0n) is 10.4. The van der Waals surface area contributed by atoms with Crippen molar-refractivity contribution >= 4 is 39.5 Å². The zero-order chi connectivity index (χ0) is 15.5. The SMILES string of the molecule is O=S(=O)(Oc1c(Cl)cc(/C=N\O)cc1Cl)c1ccccc1. The number of oxime groups is 1. The second-order valence-electron chi connectivity index (χ2n) is 3.91. The summed E-state index contributed by atoms with van der Waals surface area (Å²) in [4.78, 5) is -0.0156. The molecule has 0 heterocycles. The number of hydrogen-bond donors (Lipinski definition) is 1. The number of halogens is 2.